The molecule has 1 amide bonds. The number of ketones is 1. The highest BCUT2D eigenvalue weighted by molar-refractivity contribution is 6.05. The third kappa shape index (κ3) is 2.71. The van der Waals surface area contributed by atoms with E-state index in [0.717, 1.165) is 23.7 Å². The molecule has 0 saturated heterocycles. The monoisotopic (exact) mass is 318 g/mol. The van der Waals surface area contributed by atoms with E-state index < -0.39 is 0 Å². The van der Waals surface area contributed by atoms with Crippen LogP contribution in [0.15, 0.2) is 66.5 Å². The van der Waals surface area contributed by atoms with Crippen LogP contribution in [-0.4, -0.2) is 29.2 Å². The molecule has 2 aromatic rings. The number of hydrogen-bond acceptors (Lipinski definition) is 3. The van der Waals surface area contributed by atoms with E-state index in [9.17, 15) is 9.59 Å². The maximum absolute atomic E-state index is 12.5. The molecular formula is C20H18N2O2. The van der Waals surface area contributed by atoms with Gasteiger partial charge in [0, 0.05) is 30.8 Å². The average molecular weight is 318 g/mol. The lowest BCUT2D eigenvalue weighted by atomic mass is 9.97. The van der Waals surface area contributed by atoms with Crippen LogP contribution in [0, 0.1) is 0 Å². The van der Waals surface area contributed by atoms with E-state index in [1.807, 2.05) is 36.4 Å². The number of hydrogen-bond donors (Lipinski definition) is 1. The van der Waals surface area contributed by atoms with Gasteiger partial charge >= 0.3 is 0 Å². The van der Waals surface area contributed by atoms with Gasteiger partial charge < -0.3 is 10.2 Å². The molecule has 4 nitrogen and oxygen atoms in total. The number of allylic oxidation sites excluding steroid dienone is 1. The van der Waals surface area contributed by atoms with Gasteiger partial charge in [0.25, 0.3) is 5.91 Å². The maximum Gasteiger partial charge on any atom is 0.255 e. The second-order valence-electron chi connectivity index (χ2n) is 6.24. The van der Waals surface area contributed by atoms with Crippen LogP contribution >= 0.6 is 0 Å². The Labute approximate surface area is 140 Å². The Morgan fingerprint density at radius 1 is 1.08 bits per heavy atom. The molecule has 0 spiro atoms. The zero-order valence-electron chi connectivity index (χ0n) is 13.2. The van der Waals surface area contributed by atoms with Gasteiger partial charge in [0.1, 0.15) is 5.70 Å². The molecule has 2 aromatic carbocycles. The van der Waals surface area contributed by atoms with Crippen molar-refractivity contribution in [2.24, 2.45) is 0 Å². The first-order valence-electron chi connectivity index (χ1n) is 8.16. The highest BCUT2D eigenvalue weighted by Crippen LogP contribution is 2.23. The van der Waals surface area contributed by atoms with Crippen molar-refractivity contribution in [1.29, 1.82) is 0 Å². The van der Waals surface area contributed by atoms with E-state index in [2.05, 4.69) is 22.4 Å². The molecule has 4 heteroatoms. The molecule has 0 aliphatic carbocycles. The SMILES string of the molecule is O=C1CC2CC=CCN2C=C1NC(=O)c1ccc2ccccc2c1. The lowest BCUT2D eigenvalue weighted by Gasteiger charge is -2.35. The first-order valence-corrected chi connectivity index (χ1v) is 8.16. The average Bonchev–Trinajstić information content (AvgIpc) is 2.62. The van der Waals surface area contributed by atoms with Crippen molar-refractivity contribution < 1.29 is 9.59 Å². The van der Waals surface area contributed by atoms with E-state index >= 15 is 0 Å². The zero-order valence-corrected chi connectivity index (χ0v) is 13.2. The number of Topliss-reactive ketones (excluding diaryl/α,β-unsaturated/α-hetero) is 1. The third-order valence-electron chi connectivity index (χ3n) is 4.64. The Kier molecular flexibility index (Phi) is 3.65. The molecule has 0 saturated carbocycles. The van der Waals surface area contributed by atoms with Crippen LogP contribution in [0.5, 0.6) is 0 Å². The van der Waals surface area contributed by atoms with Crippen molar-refractivity contribution in [2.75, 3.05) is 6.54 Å². The predicted molar refractivity (Wildman–Crippen MR) is 93.4 cm³/mol. The minimum Gasteiger partial charge on any atom is -0.368 e. The van der Waals surface area contributed by atoms with Crippen LogP contribution in [0.2, 0.25) is 0 Å². The van der Waals surface area contributed by atoms with Gasteiger partial charge in [0.2, 0.25) is 0 Å². The first kappa shape index (κ1) is 14.7. The minimum atomic E-state index is -0.244. The summed E-state index contributed by atoms with van der Waals surface area (Å²) in [5, 5.41) is 4.89. The summed E-state index contributed by atoms with van der Waals surface area (Å²) < 4.78 is 0. The highest BCUT2D eigenvalue weighted by Gasteiger charge is 2.28. The standard InChI is InChI=1S/C20H18N2O2/c23-19-12-17-7-3-4-10-22(17)13-18(19)21-20(24)16-9-8-14-5-1-2-6-15(14)11-16/h1-6,8-9,11,13,17H,7,10,12H2,(H,21,24). The normalized spacial score (nSPS) is 19.8. The second kappa shape index (κ2) is 5.96. The summed E-state index contributed by atoms with van der Waals surface area (Å²) in [6, 6.07) is 13.7. The lowest BCUT2D eigenvalue weighted by Crippen LogP contribution is -2.42. The first-order chi connectivity index (χ1) is 11.7. The molecule has 4 rings (SSSR count). The molecule has 24 heavy (non-hydrogen) atoms. The largest absolute Gasteiger partial charge is 0.368 e. The molecule has 120 valence electrons. The molecule has 0 fully saturated rings. The van der Waals surface area contributed by atoms with Gasteiger partial charge in [-0.2, -0.15) is 0 Å². The fourth-order valence-electron chi connectivity index (χ4n) is 3.28. The summed E-state index contributed by atoms with van der Waals surface area (Å²) in [6.07, 6.45) is 7.33. The van der Waals surface area contributed by atoms with Gasteiger partial charge in [0.05, 0.1) is 0 Å². The second-order valence-corrected chi connectivity index (χ2v) is 6.24. The van der Waals surface area contributed by atoms with Crippen molar-refractivity contribution in [1.82, 2.24) is 10.2 Å². The Balaban J connectivity index is 1.57. The molecule has 0 aromatic heterocycles. The minimum absolute atomic E-state index is 0.000638. The quantitative estimate of drug-likeness (QED) is 0.866. The van der Waals surface area contributed by atoms with Gasteiger partial charge in [-0.1, -0.05) is 42.5 Å². The van der Waals surface area contributed by atoms with Gasteiger partial charge in [-0.15, -0.1) is 0 Å². The van der Waals surface area contributed by atoms with E-state index in [1.165, 1.54) is 0 Å². The smallest absolute Gasteiger partial charge is 0.255 e. The molecule has 2 aliphatic rings. The number of amides is 1. The van der Waals surface area contributed by atoms with Crippen molar-refractivity contribution in [3.8, 4) is 0 Å². The van der Waals surface area contributed by atoms with Crippen molar-refractivity contribution in [3.63, 3.8) is 0 Å². The topological polar surface area (TPSA) is 49.4 Å². The summed E-state index contributed by atoms with van der Waals surface area (Å²) in [5.74, 6) is -0.243. The molecule has 1 atom stereocenters. The van der Waals surface area contributed by atoms with Gasteiger partial charge in [-0.25, -0.2) is 0 Å². The van der Waals surface area contributed by atoms with Crippen LogP contribution in [0.1, 0.15) is 23.2 Å². The highest BCUT2D eigenvalue weighted by atomic mass is 16.2. The Morgan fingerprint density at radius 3 is 2.79 bits per heavy atom. The van der Waals surface area contributed by atoms with Crippen LogP contribution in [-0.2, 0) is 4.79 Å². The maximum atomic E-state index is 12.5. The summed E-state index contributed by atoms with van der Waals surface area (Å²) in [7, 11) is 0. The van der Waals surface area contributed by atoms with E-state index in [0.29, 0.717) is 17.7 Å². The van der Waals surface area contributed by atoms with Crippen molar-refractivity contribution >= 4 is 22.5 Å². The number of nitrogens with one attached hydrogen (secondary N) is 1. The molecule has 0 radical (unpaired) electrons. The Morgan fingerprint density at radius 2 is 1.92 bits per heavy atom. The molecule has 1 unspecified atom stereocenters. The van der Waals surface area contributed by atoms with E-state index in [4.69, 9.17) is 0 Å². The number of carbonyl (C=O) groups is 2. The molecule has 1 N–H and O–H groups in total. The summed E-state index contributed by atoms with van der Waals surface area (Å²) in [5.41, 5.74) is 0.947. The fraction of sp³-hybridized carbons (Fsp3) is 0.200. The molecule has 2 heterocycles. The van der Waals surface area contributed by atoms with E-state index in [1.54, 1.807) is 12.3 Å². The number of carbonyl (C=O) groups excluding carboxylic acids is 2. The molecule has 0 bridgehead atoms. The van der Waals surface area contributed by atoms with Crippen LogP contribution in [0.4, 0.5) is 0 Å². The van der Waals surface area contributed by atoms with Gasteiger partial charge in [0.15, 0.2) is 5.78 Å². The Hall–Kier alpha value is -2.88. The number of rotatable bonds is 2. The van der Waals surface area contributed by atoms with Crippen LogP contribution < -0.4 is 5.32 Å². The predicted octanol–water partition coefficient (Wildman–Crippen LogP) is 3.01. The molecule has 2 aliphatic heterocycles. The van der Waals surface area contributed by atoms with Crippen molar-refractivity contribution in [2.45, 2.75) is 18.9 Å². The zero-order chi connectivity index (χ0) is 16.5. The van der Waals surface area contributed by atoms with Gasteiger partial charge in [-0.05, 0) is 29.3 Å². The summed E-state index contributed by atoms with van der Waals surface area (Å²) in [6.45, 7) is 0.785. The molecular weight excluding hydrogens is 300 g/mol. The van der Waals surface area contributed by atoms with E-state index in [-0.39, 0.29) is 17.7 Å². The summed E-state index contributed by atoms with van der Waals surface area (Å²) in [4.78, 5) is 26.9. The fourth-order valence-corrected chi connectivity index (χ4v) is 3.28. The van der Waals surface area contributed by atoms with Gasteiger partial charge in [-0.3, -0.25) is 9.59 Å². The van der Waals surface area contributed by atoms with Crippen LogP contribution in [0.25, 0.3) is 10.8 Å². The summed E-state index contributed by atoms with van der Waals surface area (Å²) >= 11 is 0. The number of nitrogens with zero attached hydrogens (tertiary/aromatic N) is 1. The van der Waals surface area contributed by atoms with Crippen molar-refractivity contribution in [3.05, 3.63) is 72.1 Å². The lowest BCUT2D eigenvalue weighted by molar-refractivity contribution is -0.117. The van der Waals surface area contributed by atoms with Crippen LogP contribution in [0.3, 0.4) is 0 Å². The Bertz CT molecular complexity index is 882. The third-order valence-corrected chi connectivity index (χ3v) is 4.64. The number of fused-ring (bicyclic) bond motifs is 2. The number of benzene rings is 2.